The van der Waals surface area contributed by atoms with Crippen molar-refractivity contribution in [3.63, 3.8) is 0 Å². The molecule has 0 amide bonds. The lowest BCUT2D eigenvalue weighted by molar-refractivity contribution is -0.139. The molecule has 1 atom stereocenters. The first-order chi connectivity index (χ1) is 11.7. The highest BCUT2D eigenvalue weighted by Crippen LogP contribution is 2.35. The Kier molecular flexibility index (Phi) is 4.50. The van der Waals surface area contributed by atoms with E-state index in [0.29, 0.717) is 30.4 Å². The van der Waals surface area contributed by atoms with Crippen LogP contribution in [0.4, 0.5) is 5.95 Å². The molecule has 0 spiro atoms. The van der Waals surface area contributed by atoms with Crippen molar-refractivity contribution >= 4 is 11.9 Å². The standard InChI is InChI=1S/C17H20N4O3/c1-4-23-13-8-6-12(7-9-13)15-14(16(22)24-5-2)11(3)20-17-18-10-19-21(15)17/h6-10,15H,4-5H2,1-3H3,(H,18,19,20)/t15-/m1/s1. The molecule has 0 fully saturated rings. The number of carbonyl (C=O) groups is 1. The summed E-state index contributed by atoms with van der Waals surface area (Å²) in [7, 11) is 0. The van der Waals surface area contributed by atoms with Crippen LogP contribution in [0.3, 0.4) is 0 Å². The number of nitrogens with zero attached hydrogens (tertiary/aromatic N) is 3. The Balaban J connectivity index is 2.05. The third kappa shape index (κ3) is 2.84. The van der Waals surface area contributed by atoms with Gasteiger partial charge in [-0.2, -0.15) is 10.1 Å². The second-order valence-corrected chi connectivity index (χ2v) is 5.32. The van der Waals surface area contributed by atoms with E-state index in [2.05, 4.69) is 15.4 Å². The van der Waals surface area contributed by atoms with Gasteiger partial charge < -0.3 is 14.8 Å². The van der Waals surface area contributed by atoms with E-state index in [4.69, 9.17) is 9.47 Å². The summed E-state index contributed by atoms with van der Waals surface area (Å²) in [6.45, 7) is 6.49. The fraction of sp³-hybridized carbons (Fsp3) is 0.353. The second kappa shape index (κ2) is 6.74. The van der Waals surface area contributed by atoms with Gasteiger partial charge in [-0.1, -0.05) is 12.1 Å². The normalized spacial score (nSPS) is 16.4. The number of anilines is 1. The summed E-state index contributed by atoms with van der Waals surface area (Å²) in [6, 6.07) is 7.24. The summed E-state index contributed by atoms with van der Waals surface area (Å²) < 4.78 is 12.4. The number of nitrogens with one attached hydrogen (secondary N) is 1. The maximum absolute atomic E-state index is 12.5. The van der Waals surface area contributed by atoms with E-state index in [9.17, 15) is 4.79 Å². The summed E-state index contributed by atoms with van der Waals surface area (Å²) in [5.41, 5.74) is 2.15. The predicted molar refractivity (Wildman–Crippen MR) is 88.7 cm³/mol. The summed E-state index contributed by atoms with van der Waals surface area (Å²) >= 11 is 0. The van der Waals surface area contributed by atoms with Crippen LogP contribution in [0.1, 0.15) is 32.4 Å². The first kappa shape index (κ1) is 16.0. The maximum Gasteiger partial charge on any atom is 0.338 e. The summed E-state index contributed by atoms with van der Waals surface area (Å²) in [5, 5.41) is 7.37. The molecule has 7 heteroatoms. The van der Waals surface area contributed by atoms with Gasteiger partial charge in [0.25, 0.3) is 0 Å². The topological polar surface area (TPSA) is 78.3 Å². The van der Waals surface area contributed by atoms with Gasteiger partial charge in [0.05, 0.1) is 18.8 Å². The van der Waals surface area contributed by atoms with E-state index in [1.807, 2.05) is 38.1 Å². The largest absolute Gasteiger partial charge is 0.494 e. The lowest BCUT2D eigenvalue weighted by atomic mass is 9.96. The highest BCUT2D eigenvalue weighted by atomic mass is 16.5. The van der Waals surface area contributed by atoms with Crippen molar-refractivity contribution in [1.29, 1.82) is 0 Å². The van der Waals surface area contributed by atoms with Crippen LogP contribution in [0, 0.1) is 0 Å². The highest BCUT2D eigenvalue weighted by molar-refractivity contribution is 5.92. The molecule has 0 radical (unpaired) electrons. The molecule has 1 aliphatic rings. The van der Waals surface area contributed by atoms with Crippen LogP contribution < -0.4 is 10.1 Å². The van der Waals surface area contributed by atoms with Gasteiger partial charge in [-0.15, -0.1) is 0 Å². The number of fused-ring (bicyclic) bond motifs is 1. The summed E-state index contributed by atoms with van der Waals surface area (Å²) in [5.74, 6) is 1.02. The molecule has 2 heterocycles. The number of allylic oxidation sites excluding steroid dienone is 1. The highest BCUT2D eigenvalue weighted by Gasteiger charge is 2.34. The molecule has 126 valence electrons. The van der Waals surface area contributed by atoms with Crippen molar-refractivity contribution in [2.24, 2.45) is 0 Å². The minimum atomic E-state index is -0.390. The molecular weight excluding hydrogens is 308 g/mol. The van der Waals surface area contributed by atoms with Crippen molar-refractivity contribution in [2.75, 3.05) is 18.5 Å². The molecule has 0 saturated carbocycles. The quantitative estimate of drug-likeness (QED) is 0.850. The number of aromatic nitrogens is 3. The molecule has 1 aliphatic heterocycles. The van der Waals surface area contributed by atoms with Crippen LogP contribution in [0.2, 0.25) is 0 Å². The fourth-order valence-electron chi connectivity index (χ4n) is 2.79. The molecule has 1 N–H and O–H groups in total. The van der Waals surface area contributed by atoms with Crippen LogP contribution in [0.15, 0.2) is 41.9 Å². The van der Waals surface area contributed by atoms with Crippen LogP contribution in [0.5, 0.6) is 5.75 Å². The Morgan fingerprint density at radius 1 is 1.25 bits per heavy atom. The summed E-state index contributed by atoms with van der Waals surface area (Å²) in [6.07, 6.45) is 1.46. The molecule has 0 bridgehead atoms. The van der Waals surface area contributed by atoms with E-state index in [1.54, 1.807) is 11.6 Å². The van der Waals surface area contributed by atoms with Gasteiger partial charge in [0.2, 0.25) is 5.95 Å². The Morgan fingerprint density at radius 3 is 2.67 bits per heavy atom. The summed E-state index contributed by atoms with van der Waals surface area (Å²) in [4.78, 5) is 16.7. The average molecular weight is 328 g/mol. The number of benzene rings is 1. The smallest absolute Gasteiger partial charge is 0.338 e. The molecule has 1 aromatic heterocycles. The molecule has 2 aromatic rings. The zero-order valence-electron chi connectivity index (χ0n) is 13.9. The first-order valence-electron chi connectivity index (χ1n) is 7.92. The van der Waals surface area contributed by atoms with Gasteiger partial charge in [-0.25, -0.2) is 9.48 Å². The van der Waals surface area contributed by atoms with Gasteiger partial charge in [0, 0.05) is 5.70 Å². The minimum absolute atomic E-state index is 0.315. The average Bonchev–Trinajstić information content (AvgIpc) is 3.02. The molecule has 0 aliphatic carbocycles. The van der Waals surface area contributed by atoms with Crippen LogP contribution in [-0.4, -0.2) is 33.9 Å². The Labute approximate surface area is 140 Å². The van der Waals surface area contributed by atoms with E-state index in [-0.39, 0.29) is 5.97 Å². The van der Waals surface area contributed by atoms with Crippen molar-refractivity contribution in [1.82, 2.24) is 14.8 Å². The third-order valence-corrected chi connectivity index (χ3v) is 3.80. The van der Waals surface area contributed by atoms with Gasteiger partial charge in [0.1, 0.15) is 18.1 Å². The number of rotatable bonds is 5. The van der Waals surface area contributed by atoms with E-state index < -0.39 is 6.04 Å². The van der Waals surface area contributed by atoms with Crippen LogP contribution >= 0.6 is 0 Å². The molecule has 24 heavy (non-hydrogen) atoms. The van der Waals surface area contributed by atoms with Gasteiger partial charge in [-0.3, -0.25) is 0 Å². The van der Waals surface area contributed by atoms with Crippen LogP contribution in [-0.2, 0) is 9.53 Å². The fourth-order valence-corrected chi connectivity index (χ4v) is 2.79. The second-order valence-electron chi connectivity index (χ2n) is 5.32. The molecule has 1 aromatic carbocycles. The molecule has 7 nitrogen and oxygen atoms in total. The molecule has 0 saturated heterocycles. The number of hydrogen-bond donors (Lipinski definition) is 1. The third-order valence-electron chi connectivity index (χ3n) is 3.80. The Morgan fingerprint density at radius 2 is 2.00 bits per heavy atom. The first-order valence-corrected chi connectivity index (χ1v) is 7.92. The van der Waals surface area contributed by atoms with E-state index >= 15 is 0 Å². The number of hydrogen-bond acceptors (Lipinski definition) is 6. The minimum Gasteiger partial charge on any atom is -0.494 e. The molecule has 0 unspecified atom stereocenters. The Hall–Kier alpha value is -2.83. The lowest BCUT2D eigenvalue weighted by Gasteiger charge is -2.28. The lowest BCUT2D eigenvalue weighted by Crippen LogP contribution is -2.29. The maximum atomic E-state index is 12.5. The van der Waals surface area contributed by atoms with E-state index in [1.165, 1.54) is 6.33 Å². The van der Waals surface area contributed by atoms with Crippen molar-refractivity contribution in [3.05, 3.63) is 47.4 Å². The van der Waals surface area contributed by atoms with Gasteiger partial charge >= 0.3 is 5.97 Å². The Bertz CT molecular complexity index is 764. The zero-order chi connectivity index (χ0) is 17.1. The van der Waals surface area contributed by atoms with Gasteiger partial charge in [0.15, 0.2) is 0 Å². The van der Waals surface area contributed by atoms with E-state index in [0.717, 1.165) is 11.3 Å². The number of esters is 1. The number of ether oxygens (including phenoxy) is 2. The number of carbonyl (C=O) groups excluding carboxylic acids is 1. The monoisotopic (exact) mass is 328 g/mol. The van der Waals surface area contributed by atoms with Crippen molar-refractivity contribution in [2.45, 2.75) is 26.8 Å². The predicted octanol–water partition coefficient (Wildman–Crippen LogP) is 2.53. The zero-order valence-corrected chi connectivity index (χ0v) is 13.9. The SMILES string of the molecule is CCOC(=O)C1=C(C)Nc2ncnn2[C@@H]1c1ccc(OCC)cc1. The molecule has 3 rings (SSSR count). The van der Waals surface area contributed by atoms with Crippen molar-refractivity contribution in [3.8, 4) is 5.75 Å². The molecular formula is C17H20N4O3. The van der Waals surface area contributed by atoms with Crippen molar-refractivity contribution < 1.29 is 14.3 Å². The van der Waals surface area contributed by atoms with Gasteiger partial charge in [-0.05, 0) is 38.5 Å². The van der Waals surface area contributed by atoms with Crippen LogP contribution in [0.25, 0.3) is 0 Å².